The average molecular weight is 394 g/mol. The molecule has 2 aromatic carbocycles. The third-order valence-electron chi connectivity index (χ3n) is 4.58. The molecule has 2 aromatic rings. The molecule has 0 saturated carbocycles. The summed E-state index contributed by atoms with van der Waals surface area (Å²) >= 11 is 0. The summed E-state index contributed by atoms with van der Waals surface area (Å²) in [6.07, 6.45) is 2.78. The van der Waals surface area contributed by atoms with Crippen LogP contribution in [0.2, 0.25) is 0 Å². The van der Waals surface area contributed by atoms with Gasteiger partial charge in [-0.15, -0.1) is 0 Å². The molecule has 0 aromatic heterocycles. The summed E-state index contributed by atoms with van der Waals surface area (Å²) in [7, 11) is 5.08. The first-order valence-electron chi connectivity index (χ1n) is 9.02. The second-order valence-corrected chi connectivity index (χ2v) is 7.05. The fourth-order valence-corrected chi connectivity index (χ4v) is 3.20. The first kappa shape index (κ1) is 20.3. The number of hydrogen-bond acceptors (Lipinski definition) is 6. The minimum atomic E-state index is -0.601. The number of hydrogen-bond donors (Lipinski definition) is 1. The van der Waals surface area contributed by atoms with E-state index in [9.17, 15) is 19.5 Å². The predicted molar refractivity (Wildman–Crippen MR) is 109 cm³/mol. The molecule has 0 aliphatic carbocycles. The summed E-state index contributed by atoms with van der Waals surface area (Å²) in [5.41, 5.74) is 3.00. The van der Waals surface area contributed by atoms with Crippen molar-refractivity contribution in [3.05, 3.63) is 64.7 Å². The maximum absolute atomic E-state index is 12.5. The van der Waals surface area contributed by atoms with E-state index in [2.05, 4.69) is 4.74 Å². The first-order valence-corrected chi connectivity index (χ1v) is 9.02. The molecule has 0 saturated heterocycles. The minimum absolute atomic E-state index is 0.189. The van der Waals surface area contributed by atoms with Crippen LogP contribution in [0, 0.1) is 0 Å². The molecule has 0 bridgehead atoms. The van der Waals surface area contributed by atoms with Crippen LogP contribution in [0.3, 0.4) is 0 Å². The molecule has 0 atom stereocenters. The van der Waals surface area contributed by atoms with Crippen molar-refractivity contribution >= 4 is 29.4 Å². The number of Topliss-reactive ketones (excluding diaryl/α,β-unsaturated/α-hetero) is 1. The number of ketones is 1. The molecule has 0 fully saturated rings. The van der Waals surface area contributed by atoms with E-state index in [1.54, 1.807) is 30.3 Å². The highest BCUT2D eigenvalue weighted by atomic mass is 16.5. The molecule has 1 amide bonds. The zero-order valence-electron chi connectivity index (χ0n) is 16.5. The van der Waals surface area contributed by atoms with Gasteiger partial charge < -0.3 is 19.6 Å². The van der Waals surface area contributed by atoms with Gasteiger partial charge in [-0.3, -0.25) is 9.59 Å². The Morgan fingerprint density at radius 2 is 1.93 bits per heavy atom. The highest BCUT2D eigenvalue weighted by Gasteiger charge is 2.35. The SMILES string of the molecule is COC(=O)/C=C/c1ccc2c(c1)C(=O)C(=O)N2Cc1ccc(O)c(CN(C)C)c1. The number of esters is 1. The topological polar surface area (TPSA) is 87.2 Å². The highest BCUT2D eigenvalue weighted by Crippen LogP contribution is 2.32. The van der Waals surface area contributed by atoms with Gasteiger partial charge in [-0.2, -0.15) is 0 Å². The Morgan fingerprint density at radius 1 is 1.17 bits per heavy atom. The summed E-state index contributed by atoms with van der Waals surface area (Å²) < 4.78 is 4.55. The summed E-state index contributed by atoms with van der Waals surface area (Å²) in [6.45, 7) is 0.772. The third kappa shape index (κ3) is 4.35. The lowest BCUT2D eigenvalue weighted by molar-refractivity contribution is -0.134. The number of nitrogens with zero attached hydrogens (tertiary/aromatic N) is 2. The molecule has 7 heteroatoms. The Balaban J connectivity index is 1.88. The van der Waals surface area contributed by atoms with Crippen LogP contribution >= 0.6 is 0 Å². The van der Waals surface area contributed by atoms with Crippen LogP contribution in [0.25, 0.3) is 6.08 Å². The number of phenolic OH excluding ortho intramolecular Hbond substituents is 1. The molecule has 0 radical (unpaired) electrons. The number of anilines is 1. The second-order valence-electron chi connectivity index (χ2n) is 7.05. The van der Waals surface area contributed by atoms with Gasteiger partial charge >= 0.3 is 5.97 Å². The number of phenols is 1. The van der Waals surface area contributed by atoms with Crippen molar-refractivity contribution < 1.29 is 24.2 Å². The van der Waals surface area contributed by atoms with Crippen molar-refractivity contribution in [2.24, 2.45) is 0 Å². The third-order valence-corrected chi connectivity index (χ3v) is 4.58. The number of benzene rings is 2. The van der Waals surface area contributed by atoms with E-state index in [1.165, 1.54) is 24.2 Å². The lowest BCUT2D eigenvalue weighted by atomic mass is 10.1. The van der Waals surface area contributed by atoms with Gasteiger partial charge in [0, 0.05) is 18.2 Å². The molecule has 1 heterocycles. The summed E-state index contributed by atoms with van der Waals surface area (Å²) in [6, 6.07) is 10.2. The molecular weight excluding hydrogens is 372 g/mol. The highest BCUT2D eigenvalue weighted by molar-refractivity contribution is 6.52. The number of rotatable bonds is 6. The Bertz CT molecular complexity index is 1010. The fraction of sp³-hybridized carbons (Fsp3) is 0.227. The number of amides is 1. The predicted octanol–water partition coefficient (Wildman–Crippen LogP) is 2.37. The zero-order valence-corrected chi connectivity index (χ0v) is 16.5. The van der Waals surface area contributed by atoms with E-state index in [4.69, 9.17) is 0 Å². The molecule has 29 heavy (non-hydrogen) atoms. The van der Waals surface area contributed by atoms with Crippen molar-refractivity contribution in [2.75, 3.05) is 26.1 Å². The molecule has 1 aliphatic heterocycles. The van der Waals surface area contributed by atoms with E-state index >= 15 is 0 Å². The van der Waals surface area contributed by atoms with Crippen LogP contribution in [0.4, 0.5) is 5.69 Å². The quantitative estimate of drug-likeness (QED) is 0.460. The summed E-state index contributed by atoms with van der Waals surface area (Å²) in [4.78, 5) is 39.6. The largest absolute Gasteiger partial charge is 0.508 e. The van der Waals surface area contributed by atoms with Crippen LogP contribution in [0.15, 0.2) is 42.5 Å². The molecular formula is C22H22N2O5. The maximum atomic E-state index is 12.5. The van der Waals surface area contributed by atoms with E-state index in [1.807, 2.05) is 25.1 Å². The van der Waals surface area contributed by atoms with Gasteiger partial charge in [0.25, 0.3) is 11.7 Å². The smallest absolute Gasteiger partial charge is 0.330 e. The van der Waals surface area contributed by atoms with Gasteiger partial charge in [0.2, 0.25) is 0 Å². The first-order chi connectivity index (χ1) is 13.8. The summed E-state index contributed by atoms with van der Waals surface area (Å²) in [5.74, 6) is -1.50. The normalized spacial score (nSPS) is 13.4. The van der Waals surface area contributed by atoms with Crippen molar-refractivity contribution in [1.29, 1.82) is 0 Å². The number of methoxy groups -OCH3 is 1. The number of ether oxygens (including phenoxy) is 1. The van der Waals surface area contributed by atoms with E-state index in [0.29, 0.717) is 23.4 Å². The number of aromatic hydroxyl groups is 1. The lowest BCUT2D eigenvalue weighted by Gasteiger charge is -2.18. The molecule has 1 aliphatic rings. The van der Waals surface area contributed by atoms with Gasteiger partial charge in [0.15, 0.2) is 0 Å². The van der Waals surface area contributed by atoms with Gasteiger partial charge in [-0.1, -0.05) is 12.1 Å². The van der Waals surface area contributed by atoms with Crippen molar-refractivity contribution in [2.45, 2.75) is 13.1 Å². The van der Waals surface area contributed by atoms with Crippen LogP contribution in [-0.2, 0) is 27.4 Å². The van der Waals surface area contributed by atoms with Crippen LogP contribution < -0.4 is 4.90 Å². The maximum Gasteiger partial charge on any atom is 0.330 e. The van der Waals surface area contributed by atoms with Crippen LogP contribution in [0.5, 0.6) is 5.75 Å². The van der Waals surface area contributed by atoms with Crippen molar-refractivity contribution in [1.82, 2.24) is 4.90 Å². The summed E-state index contributed by atoms with van der Waals surface area (Å²) in [5, 5.41) is 10.0. The zero-order chi connectivity index (χ0) is 21.1. The van der Waals surface area contributed by atoms with Crippen molar-refractivity contribution in [3.63, 3.8) is 0 Å². The Hall–Kier alpha value is -3.45. The molecule has 0 unspecified atom stereocenters. The monoisotopic (exact) mass is 394 g/mol. The van der Waals surface area contributed by atoms with E-state index < -0.39 is 17.7 Å². The average Bonchev–Trinajstić information content (AvgIpc) is 2.92. The van der Waals surface area contributed by atoms with E-state index in [0.717, 1.165) is 11.1 Å². The standard InChI is InChI=1S/C22H22N2O5/c1-23(2)13-16-10-15(5-8-19(16)25)12-24-18-7-4-14(6-9-20(26)29-3)11-17(18)21(27)22(24)28/h4-11,25H,12-13H2,1-3H3/b9-6+. The van der Waals surface area contributed by atoms with Crippen LogP contribution in [-0.4, -0.2) is 48.9 Å². The number of fused-ring (bicyclic) bond motifs is 1. The Kier molecular flexibility index (Phi) is 5.79. The van der Waals surface area contributed by atoms with E-state index in [-0.39, 0.29) is 12.3 Å². The van der Waals surface area contributed by atoms with Crippen LogP contribution in [0.1, 0.15) is 27.0 Å². The number of carbonyl (C=O) groups is 3. The molecule has 150 valence electrons. The van der Waals surface area contributed by atoms with Gasteiger partial charge in [-0.25, -0.2) is 4.79 Å². The second kappa shape index (κ2) is 8.28. The van der Waals surface area contributed by atoms with Gasteiger partial charge in [-0.05, 0) is 55.6 Å². The lowest BCUT2D eigenvalue weighted by Crippen LogP contribution is -2.29. The molecule has 1 N–H and O–H groups in total. The fourth-order valence-electron chi connectivity index (χ4n) is 3.20. The minimum Gasteiger partial charge on any atom is -0.508 e. The molecule has 3 rings (SSSR count). The van der Waals surface area contributed by atoms with Crippen molar-refractivity contribution in [3.8, 4) is 5.75 Å². The Morgan fingerprint density at radius 3 is 2.62 bits per heavy atom. The Labute approximate surface area is 168 Å². The van der Waals surface area contributed by atoms with Gasteiger partial charge in [0.1, 0.15) is 5.75 Å². The molecule has 7 nitrogen and oxygen atoms in total. The number of carbonyl (C=O) groups excluding carboxylic acids is 3. The molecule has 0 spiro atoms. The van der Waals surface area contributed by atoms with Gasteiger partial charge in [0.05, 0.1) is 24.9 Å².